The number of aromatic nitrogens is 2. The van der Waals surface area contributed by atoms with Crippen molar-refractivity contribution >= 4 is 18.0 Å². The predicted molar refractivity (Wildman–Crippen MR) is 43.1 cm³/mol. The monoisotopic (exact) mass is 184 g/mol. The molecule has 1 heterocycles. The predicted octanol–water partition coefficient (Wildman–Crippen LogP) is 1.24. The van der Waals surface area contributed by atoms with Crippen LogP contribution in [0.1, 0.15) is 24.7 Å². The van der Waals surface area contributed by atoms with E-state index in [9.17, 15) is 4.79 Å². The zero-order valence-electron chi connectivity index (χ0n) is 6.40. The van der Waals surface area contributed by atoms with Crippen molar-refractivity contribution in [2.24, 2.45) is 0 Å². The van der Waals surface area contributed by atoms with E-state index in [1.54, 1.807) is 0 Å². The molecule has 0 amide bonds. The molecule has 0 spiro atoms. The smallest absolute Gasteiger partial charge is 0.277 e. The largest absolute Gasteiger partial charge is 0.416 e. The van der Waals surface area contributed by atoms with E-state index in [0.717, 1.165) is 25.0 Å². The maximum absolute atomic E-state index is 10.0. The molecule has 1 fully saturated rings. The topological polar surface area (TPSA) is 56.0 Å². The summed E-state index contributed by atoms with van der Waals surface area (Å²) in [6.45, 7) is 0. The van der Waals surface area contributed by atoms with Gasteiger partial charge in [0.2, 0.25) is 5.89 Å². The Morgan fingerprint density at radius 1 is 1.58 bits per heavy atom. The summed E-state index contributed by atoms with van der Waals surface area (Å²) >= 11 is 1.28. The summed E-state index contributed by atoms with van der Waals surface area (Å²) in [5.74, 6) is 1.60. The Balaban J connectivity index is 1.98. The summed E-state index contributed by atoms with van der Waals surface area (Å²) in [4.78, 5) is 10.0. The average Bonchev–Trinajstić information content (AvgIpc) is 2.83. The first kappa shape index (κ1) is 7.79. The number of nitrogens with zero attached hydrogens (tertiary/aromatic N) is 2. The van der Waals surface area contributed by atoms with Crippen molar-refractivity contribution in [1.82, 2.24) is 10.2 Å². The molecule has 12 heavy (non-hydrogen) atoms. The Bertz CT molecular complexity index is 283. The Kier molecular flexibility index (Phi) is 2.12. The highest BCUT2D eigenvalue weighted by Gasteiger charge is 2.29. The normalized spacial score (nSPS) is 16.3. The van der Waals surface area contributed by atoms with Gasteiger partial charge in [0.1, 0.15) is 6.29 Å². The molecule has 64 valence electrons. The first-order chi connectivity index (χ1) is 5.90. The minimum absolute atomic E-state index is 0.381. The number of rotatable bonds is 4. The maximum Gasteiger partial charge on any atom is 0.277 e. The van der Waals surface area contributed by atoms with Crippen LogP contribution in [0.25, 0.3) is 0 Å². The van der Waals surface area contributed by atoms with Crippen molar-refractivity contribution in [3.05, 3.63) is 5.89 Å². The molecule has 1 aromatic heterocycles. The maximum atomic E-state index is 10.0. The molecule has 5 heteroatoms. The van der Waals surface area contributed by atoms with Gasteiger partial charge in [-0.3, -0.25) is 0 Å². The summed E-state index contributed by atoms with van der Waals surface area (Å²) in [6, 6.07) is 0. The summed E-state index contributed by atoms with van der Waals surface area (Å²) in [5, 5.41) is 8.18. The molecular weight excluding hydrogens is 176 g/mol. The zero-order chi connectivity index (χ0) is 8.39. The molecule has 0 aliphatic heterocycles. The van der Waals surface area contributed by atoms with E-state index in [0.29, 0.717) is 16.9 Å². The minimum atomic E-state index is 0.381. The second-order valence-corrected chi connectivity index (χ2v) is 3.63. The van der Waals surface area contributed by atoms with Gasteiger partial charge in [-0.25, -0.2) is 0 Å². The van der Waals surface area contributed by atoms with Crippen molar-refractivity contribution in [1.29, 1.82) is 0 Å². The number of hydrogen-bond donors (Lipinski definition) is 0. The van der Waals surface area contributed by atoms with Crippen LogP contribution in [0.15, 0.2) is 9.64 Å². The molecular formula is C7H8N2O2S. The van der Waals surface area contributed by atoms with Crippen LogP contribution in [-0.4, -0.2) is 22.2 Å². The van der Waals surface area contributed by atoms with Gasteiger partial charge in [0, 0.05) is 5.92 Å². The second kappa shape index (κ2) is 3.26. The van der Waals surface area contributed by atoms with Crippen LogP contribution in [0, 0.1) is 0 Å². The Labute approximate surface area is 73.7 Å². The highest BCUT2D eigenvalue weighted by Crippen LogP contribution is 2.39. The van der Waals surface area contributed by atoms with Crippen molar-refractivity contribution in [2.45, 2.75) is 24.0 Å². The summed E-state index contributed by atoms with van der Waals surface area (Å²) in [7, 11) is 0. The molecule has 4 nitrogen and oxygen atoms in total. The van der Waals surface area contributed by atoms with Gasteiger partial charge < -0.3 is 9.21 Å². The van der Waals surface area contributed by atoms with Crippen LogP contribution < -0.4 is 0 Å². The fourth-order valence-corrected chi connectivity index (χ4v) is 1.33. The van der Waals surface area contributed by atoms with Crippen LogP contribution in [0.2, 0.25) is 0 Å². The molecule has 2 rings (SSSR count). The van der Waals surface area contributed by atoms with Gasteiger partial charge in [-0.15, -0.1) is 10.2 Å². The van der Waals surface area contributed by atoms with E-state index < -0.39 is 0 Å². The lowest BCUT2D eigenvalue weighted by molar-refractivity contribution is -0.105. The van der Waals surface area contributed by atoms with Gasteiger partial charge in [0.25, 0.3) is 5.22 Å². The molecule has 0 saturated heterocycles. The van der Waals surface area contributed by atoms with E-state index in [-0.39, 0.29) is 0 Å². The van der Waals surface area contributed by atoms with Crippen molar-refractivity contribution in [3.8, 4) is 0 Å². The molecule has 0 bridgehead atoms. The van der Waals surface area contributed by atoms with Crippen LogP contribution in [0.4, 0.5) is 0 Å². The fraction of sp³-hybridized carbons (Fsp3) is 0.571. The average molecular weight is 184 g/mol. The van der Waals surface area contributed by atoms with Gasteiger partial charge in [-0.1, -0.05) is 11.8 Å². The third-order valence-corrected chi connectivity index (χ3v) is 2.34. The highest BCUT2D eigenvalue weighted by atomic mass is 32.2. The number of carbonyl (C=O) groups excluding carboxylic acids is 1. The van der Waals surface area contributed by atoms with Crippen LogP contribution in [0.3, 0.4) is 0 Å². The first-order valence-corrected chi connectivity index (χ1v) is 4.78. The van der Waals surface area contributed by atoms with Crippen molar-refractivity contribution in [2.75, 3.05) is 5.75 Å². The summed E-state index contributed by atoms with van der Waals surface area (Å²) < 4.78 is 5.29. The first-order valence-electron chi connectivity index (χ1n) is 3.80. The molecule has 0 unspecified atom stereocenters. The molecule has 1 aliphatic rings. The van der Waals surface area contributed by atoms with Crippen molar-refractivity contribution < 1.29 is 9.21 Å². The van der Waals surface area contributed by atoms with E-state index in [1.807, 2.05) is 0 Å². The van der Waals surface area contributed by atoms with Crippen LogP contribution in [0.5, 0.6) is 0 Å². The van der Waals surface area contributed by atoms with Crippen molar-refractivity contribution in [3.63, 3.8) is 0 Å². The standard InChI is InChI=1S/C7H8N2O2S/c10-3-4-12-7-9-8-6(11-7)5-1-2-5/h3,5H,1-2,4H2. The van der Waals surface area contributed by atoms with E-state index in [4.69, 9.17) is 4.42 Å². The van der Waals surface area contributed by atoms with E-state index in [1.165, 1.54) is 11.8 Å². The van der Waals surface area contributed by atoms with Gasteiger partial charge in [-0.05, 0) is 12.8 Å². The zero-order valence-corrected chi connectivity index (χ0v) is 7.21. The fourth-order valence-electron chi connectivity index (χ4n) is 0.879. The third-order valence-electron chi connectivity index (χ3n) is 1.62. The molecule has 0 N–H and O–H groups in total. The van der Waals surface area contributed by atoms with E-state index >= 15 is 0 Å². The second-order valence-electron chi connectivity index (χ2n) is 2.66. The SMILES string of the molecule is O=CCSc1nnc(C2CC2)o1. The van der Waals surface area contributed by atoms with Crippen LogP contribution >= 0.6 is 11.8 Å². The van der Waals surface area contributed by atoms with Crippen LogP contribution in [-0.2, 0) is 4.79 Å². The van der Waals surface area contributed by atoms with E-state index in [2.05, 4.69) is 10.2 Å². The minimum Gasteiger partial charge on any atom is -0.416 e. The molecule has 0 radical (unpaired) electrons. The number of aldehydes is 1. The third kappa shape index (κ3) is 1.66. The Morgan fingerprint density at radius 2 is 2.42 bits per heavy atom. The van der Waals surface area contributed by atoms with Gasteiger partial charge in [0.05, 0.1) is 5.75 Å². The lowest BCUT2D eigenvalue weighted by Gasteiger charge is -1.85. The number of carbonyl (C=O) groups is 1. The van der Waals surface area contributed by atoms with Gasteiger partial charge in [0.15, 0.2) is 0 Å². The number of thioether (sulfide) groups is 1. The molecule has 1 aromatic rings. The quantitative estimate of drug-likeness (QED) is 0.520. The molecule has 1 saturated carbocycles. The summed E-state index contributed by atoms with van der Waals surface area (Å²) in [6.07, 6.45) is 3.13. The molecule has 1 aliphatic carbocycles. The Hall–Kier alpha value is -0.840. The molecule has 0 atom stereocenters. The molecule has 0 aromatic carbocycles. The highest BCUT2D eigenvalue weighted by molar-refractivity contribution is 7.99. The lowest BCUT2D eigenvalue weighted by atomic mass is 10.4. The summed E-state index contributed by atoms with van der Waals surface area (Å²) in [5.41, 5.74) is 0. The Morgan fingerprint density at radius 3 is 3.08 bits per heavy atom. The van der Waals surface area contributed by atoms with Gasteiger partial charge in [-0.2, -0.15) is 0 Å². The lowest BCUT2D eigenvalue weighted by Crippen LogP contribution is -1.78. The van der Waals surface area contributed by atoms with Gasteiger partial charge >= 0.3 is 0 Å². The number of hydrogen-bond acceptors (Lipinski definition) is 5.